The zero-order chi connectivity index (χ0) is 12.2. The number of anilines is 2. The Bertz CT molecular complexity index is 344. The van der Waals surface area contributed by atoms with Crippen molar-refractivity contribution >= 4 is 11.6 Å². The minimum atomic E-state index is -4.37. The summed E-state index contributed by atoms with van der Waals surface area (Å²) in [5.41, 5.74) is 5.31. The average Bonchev–Trinajstić information content (AvgIpc) is 2.15. The molecule has 5 nitrogen and oxygen atoms in total. The molecule has 8 heteroatoms. The van der Waals surface area contributed by atoms with E-state index < -0.39 is 19.3 Å². The van der Waals surface area contributed by atoms with Gasteiger partial charge in [0.05, 0.1) is 19.0 Å². The van der Waals surface area contributed by atoms with Crippen LogP contribution >= 0.6 is 0 Å². The van der Waals surface area contributed by atoms with Crippen LogP contribution in [0.5, 0.6) is 0 Å². The number of aromatic nitrogens is 2. The van der Waals surface area contributed by atoms with E-state index in [1.165, 1.54) is 6.20 Å². The number of aliphatic hydroxyl groups excluding tert-OH is 1. The maximum absolute atomic E-state index is 12.2. The SMILES string of the molecule is Nc1cncc(N(CCO)CC(F)(F)F)n1. The van der Waals surface area contributed by atoms with Crippen LogP contribution in [0.4, 0.5) is 24.8 Å². The van der Waals surface area contributed by atoms with Crippen molar-refractivity contribution in [2.45, 2.75) is 6.18 Å². The molecule has 0 aliphatic rings. The van der Waals surface area contributed by atoms with Gasteiger partial charge < -0.3 is 15.7 Å². The van der Waals surface area contributed by atoms with Crippen LogP contribution in [0.3, 0.4) is 0 Å². The Morgan fingerprint density at radius 2 is 2.06 bits per heavy atom. The summed E-state index contributed by atoms with van der Waals surface area (Å²) < 4.78 is 36.6. The van der Waals surface area contributed by atoms with Crippen molar-refractivity contribution in [3.63, 3.8) is 0 Å². The van der Waals surface area contributed by atoms with Crippen LogP contribution < -0.4 is 10.6 Å². The Morgan fingerprint density at radius 1 is 1.38 bits per heavy atom. The molecule has 0 aliphatic heterocycles. The van der Waals surface area contributed by atoms with Crippen molar-refractivity contribution in [3.8, 4) is 0 Å². The van der Waals surface area contributed by atoms with E-state index in [0.29, 0.717) is 0 Å². The molecule has 1 aromatic heterocycles. The summed E-state index contributed by atoms with van der Waals surface area (Å²) in [5, 5.41) is 8.68. The van der Waals surface area contributed by atoms with Gasteiger partial charge in [-0.2, -0.15) is 13.2 Å². The van der Waals surface area contributed by atoms with Gasteiger partial charge in [-0.25, -0.2) is 4.98 Å². The highest BCUT2D eigenvalue weighted by atomic mass is 19.4. The summed E-state index contributed by atoms with van der Waals surface area (Å²) in [4.78, 5) is 8.21. The summed E-state index contributed by atoms with van der Waals surface area (Å²) in [6, 6.07) is 0. The Kier molecular flexibility index (Phi) is 3.88. The van der Waals surface area contributed by atoms with Crippen LogP contribution in [0, 0.1) is 0 Å². The molecular formula is C8H11F3N4O. The predicted octanol–water partition coefficient (Wildman–Crippen LogP) is 0.420. The molecule has 0 aromatic carbocycles. The standard InChI is InChI=1S/C8H11F3N4O/c9-8(10,11)5-15(1-2-16)7-4-13-3-6(12)14-7/h3-4,16H,1-2,5H2,(H2,12,14). The van der Waals surface area contributed by atoms with Crippen molar-refractivity contribution in [1.82, 2.24) is 9.97 Å². The van der Waals surface area contributed by atoms with Gasteiger partial charge in [0, 0.05) is 6.54 Å². The highest BCUT2D eigenvalue weighted by molar-refractivity contribution is 5.41. The molecule has 0 fully saturated rings. The summed E-state index contributed by atoms with van der Waals surface area (Å²) >= 11 is 0. The highest BCUT2D eigenvalue weighted by Gasteiger charge is 2.31. The van der Waals surface area contributed by atoms with E-state index in [2.05, 4.69) is 9.97 Å². The van der Waals surface area contributed by atoms with Crippen molar-refractivity contribution in [3.05, 3.63) is 12.4 Å². The van der Waals surface area contributed by atoms with Crippen LogP contribution in [0.15, 0.2) is 12.4 Å². The molecule has 0 saturated heterocycles. The second-order valence-corrected chi connectivity index (χ2v) is 3.06. The Balaban J connectivity index is 2.85. The van der Waals surface area contributed by atoms with Gasteiger partial charge in [-0.3, -0.25) is 4.98 Å². The smallest absolute Gasteiger partial charge is 0.395 e. The van der Waals surface area contributed by atoms with E-state index in [1.54, 1.807) is 0 Å². The first-order valence-corrected chi connectivity index (χ1v) is 4.42. The second-order valence-electron chi connectivity index (χ2n) is 3.06. The molecule has 1 aromatic rings. The van der Waals surface area contributed by atoms with Crippen LogP contribution in [-0.2, 0) is 0 Å². The first-order valence-electron chi connectivity index (χ1n) is 4.42. The molecule has 3 N–H and O–H groups in total. The largest absolute Gasteiger partial charge is 0.405 e. The minimum Gasteiger partial charge on any atom is -0.395 e. The molecule has 0 spiro atoms. The van der Waals surface area contributed by atoms with E-state index in [0.717, 1.165) is 11.1 Å². The quantitative estimate of drug-likeness (QED) is 0.792. The molecule has 1 heterocycles. The monoisotopic (exact) mass is 236 g/mol. The van der Waals surface area contributed by atoms with Gasteiger partial charge in [-0.05, 0) is 0 Å². The Labute approximate surface area is 89.7 Å². The van der Waals surface area contributed by atoms with E-state index in [4.69, 9.17) is 10.8 Å². The number of nitrogens with zero attached hydrogens (tertiary/aromatic N) is 3. The molecule has 1 rings (SSSR count). The van der Waals surface area contributed by atoms with E-state index in [1.807, 2.05) is 0 Å². The van der Waals surface area contributed by atoms with E-state index in [9.17, 15) is 13.2 Å². The van der Waals surface area contributed by atoms with Gasteiger partial charge in [0.2, 0.25) is 0 Å². The minimum absolute atomic E-state index is 0.00799. The summed E-state index contributed by atoms with van der Waals surface area (Å²) in [6.07, 6.45) is -1.98. The molecule has 0 bridgehead atoms. The maximum atomic E-state index is 12.2. The third kappa shape index (κ3) is 3.89. The Hall–Kier alpha value is -1.57. The molecular weight excluding hydrogens is 225 g/mol. The lowest BCUT2D eigenvalue weighted by Crippen LogP contribution is -2.37. The van der Waals surface area contributed by atoms with Crippen molar-refractivity contribution < 1.29 is 18.3 Å². The molecule has 0 atom stereocenters. The fourth-order valence-corrected chi connectivity index (χ4v) is 1.13. The lowest BCUT2D eigenvalue weighted by atomic mass is 10.4. The van der Waals surface area contributed by atoms with Gasteiger partial charge in [0.15, 0.2) is 0 Å². The molecule has 0 aliphatic carbocycles. The topological polar surface area (TPSA) is 75.3 Å². The number of nitrogens with two attached hydrogens (primary N) is 1. The van der Waals surface area contributed by atoms with Gasteiger partial charge >= 0.3 is 6.18 Å². The lowest BCUT2D eigenvalue weighted by Gasteiger charge is -2.23. The fraction of sp³-hybridized carbons (Fsp3) is 0.500. The second kappa shape index (κ2) is 4.97. The fourth-order valence-electron chi connectivity index (χ4n) is 1.13. The predicted molar refractivity (Wildman–Crippen MR) is 51.8 cm³/mol. The molecule has 0 amide bonds. The first kappa shape index (κ1) is 12.5. The zero-order valence-corrected chi connectivity index (χ0v) is 8.28. The van der Waals surface area contributed by atoms with E-state index in [-0.39, 0.29) is 18.2 Å². The van der Waals surface area contributed by atoms with E-state index >= 15 is 0 Å². The first-order chi connectivity index (χ1) is 7.42. The maximum Gasteiger partial charge on any atom is 0.405 e. The van der Waals surface area contributed by atoms with Gasteiger partial charge in [0.25, 0.3) is 0 Å². The number of aliphatic hydroxyl groups is 1. The molecule has 0 saturated carbocycles. The summed E-state index contributed by atoms with van der Waals surface area (Å²) in [7, 11) is 0. The van der Waals surface area contributed by atoms with Gasteiger partial charge in [-0.1, -0.05) is 0 Å². The number of hydrogen-bond donors (Lipinski definition) is 2. The van der Waals surface area contributed by atoms with Gasteiger partial charge in [0.1, 0.15) is 18.2 Å². The number of rotatable bonds is 4. The Morgan fingerprint density at radius 3 is 2.56 bits per heavy atom. The van der Waals surface area contributed by atoms with Gasteiger partial charge in [-0.15, -0.1) is 0 Å². The van der Waals surface area contributed by atoms with Crippen LogP contribution in [-0.4, -0.2) is 40.9 Å². The number of nitrogen functional groups attached to an aromatic ring is 1. The number of alkyl halides is 3. The highest BCUT2D eigenvalue weighted by Crippen LogP contribution is 2.20. The normalized spacial score (nSPS) is 11.5. The van der Waals surface area contributed by atoms with Crippen LogP contribution in [0.25, 0.3) is 0 Å². The third-order valence-electron chi connectivity index (χ3n) is 1.70. The summed E-state index contributed by atoms with van der Waals surface area (Å²) in [5.74, 6) is 0.0222. The van der Waals surface area contributed by atoms with Crippen molar-refractivity contribution in [2.24, 2.45) is 0 Å². The van der Waals surface area contributed by atoms with Crippen molar-refractivity contribution in [1.29, 1.82) is 0 Å². The van der Waals surface area contributed by atoms with Crippen LogP contribution in [0.2, 0.25) is 0 Å². The van der Waals surface area contributed by atoms with Crippen molar-refractivity contribution in [2.75, 3.05) is 30.3 Å². The molecule has 90 valence electrons. The zero-order valence-electron chi connectivity index (χ0n) is 8.28. The molecule has 0 radical (unpaired) electrons. The molecule has 0 unspecified atom stereocenters. The number of halogens is 3. The average molecular weight is 236 g/mol. The number of hydrogen-bond acceptors (Lipinski definition) is 5. The third-order valence-corrected chi connectivity index (χ3v) is 1.70. The molecule has 16 heavy (non-hydrogen) atoms. The van der Waals surface area contributed by atoms with Crippen LogP contribution in [0.1, 0.15) is 0 Å². The lowest BCUT2D eigenvalue weighted by molar-refractivity contribution is -0.120. The summed E-state index contributed by atoms with van der Waals surface area (Å²) in [6.45, 7) is -1.80.